The third-order valence-corrected chi connectivity index (χ3v) is 3.31. The second kappa shape index (κ2) is 6.59. The van der Waals surface area contributed by atoms with Crippen molar-refractivity contribution < 1.29 is 13.9 Å². The standard InChI is InChI=1S/C17H20FNO2/c1-11-7-8-15(10-16(11)18)21-17(12(2)19)13-5-4-6-14(9-13)20-3/h4-10,12,17H,19H2,1-3H3. The Kier molecular flexibility index (Phi) is 4.81. The van der Waals surface area contributed by atoms with Gasteiger partial charge in [-0.15, -0.1) is 0 Å². The summed E-state index contributed by atoms with van der Waals surface area (Å²) < 4.78 is 24.7. The molecule has 2 unspecified atom stereocenters. The molecule has 0 heterocycles. The fourth-order valence-electron chi connectivity index (χ4n) is 2.09. The Hall–Kier alpha value is -2.07. The van der Waals surface area contributed by atoms with Gasteiger partial charge in [0.1, 0.15) is 23.4 Å². The molecule has 3 nitrogen and oxygen atoms in total. The molecule has 2 aromatic rings. The zero-order valence-electron chi connectivity index (χ0n) is 12.5. The molecular weight excluding hydrogens is 269 g/mol. The Bertz CT molecular complexity index is 613. The summed E-state index contributed by atoms with van der Waals surface area (Å²) in [6.45, 7) is 3.57. The van der Waals surface area contributed by atoms with Crippen molar-refractivity contribution in [3.8, 4) is 11.5 Å². The number of methoxy groups -OCH3 is 1. The third-order valence-electron chi connectivity index (χ3n) is 3.31. The van der Waals surface area contributed by atoms with Crippen molar-refractivity contribution in [2.24, 2.45) is 5.73 Å². The predicted molar refractivity (Wildman–Crippen MR) is 81.1 cm³/mol. The van der Waals surface area contributed by atoms with Gasteiger partial charge in [0.2, 0.25) is 0 Å². The molecule has 0 saturated heterocycles. The Morgan fingerprint density at radius 2 is 1.86 bits per heavy atom. The molecule has 0 bridgehead atoms. The van der Waals surface area contributed by atoms with Gasteiger partial charge in [0.15, 0.2) is 0 Å². The smallest absolute Gasteiger partial charge is 0.139 e. The number of hydrogen-bond donors (Lipinski definition) is 1. The van der Waals surface area contributed by atoms with E-state index < -0.39 is 0 Å². The minimum Gasteiger partial charge on any atom is -0.497 e. The summed E-state index contributed by atoms with van der Waals surface area (Å²) in [5.74, 6) is 0.904. The van der Waals surface area contributed by atoms with Gasteiger partial charge in [0.25, 0.3) is 0 Å². The lowest BCUT2D eigenvalue weighted by atomic mass is 10.0. The zero-order chi connectivity index (χ0) is 15.4. The van der Waals surface area contributed by atoms with E-state index in [4.69, 9.17) is 15.2 Å². The summed E-state index contributed by atoms with van der Waals surface area (Å²) >= 11 is 0. The minimum atomic E-state index is -0.373. The number of benzene rings is 2. The average Bonchev–Trinajstić information content (AvgIpc) is 2.48. The number of hydrogen-bond acceptors (Lipinski definition) is 3. The molecule has 0 aliphatic rings. The summed E-state index contributed by atoms with van der Waals surface area (Å²) in [6.07, 6.45) is -0.373. The molecule has 4 heteroatoms. The van der Waals surface area contributed by atoms with Crippen molar-refractivity contribution in [1.82, 2.24) is 0 Å². The normalized spacial score (nSPS) is 13.6. The van der Waals surface area contributed by atoms with Crippen LogP contribution >= 0.6 is 0 Å². The molecule has 0 aromatic heterocycles. The van der Waals surface area contributed by atoms with Crippen LogP contribution in [0.5, 0.6) is 11.5 Å². The largest absolute Gasteiger partial charge is 0.497 e. The van der Waals surface area contributed by atoms with Crippen molar-refractivity contribution in [3.63, 3.8) is 0 Å². The van der Waals surface area contributed by atoms with E-state index in [2.05, 4.69) is 0 Å². The van der Waals surface area contributed by atoms with Crippen LogP contribution in [0.4, 0.5) is 4.39 Å². The molecular formula is C17H20FNO2. The van der Waals surface area contributed by atoms with Crippen LogP contribution in [0.15, 0.2) is 42.5 Å². The Morgan fingerprint density at radius 1 is 1.10 bits per heavy atom. The highest BCUT2D eigenvalue weighted by Crippen LogP contribution is 2.27. The summed E-state index contributed by atoms with van der Waals surface area (Å²) in [5, 5.41) is 0. The zero-order valence-corrected chi connectivity index (χ0v) is 12.5. The van der Waals surface area contributed by atoms with Gasteiger partial charge in [-0.2, -0.15) is 0 Å². The van der Waals surface area contributed by atoms with Gasteiger partial charge in [0.05, 0.1) is 7.11 Å². The van der Waals surface area contributed by atoms with E-state index in [0.717, 1.165) is 11.3 Å². The van der Waals surface area contributed by atoms with Crippen LogP contribution in [-0.4, -0.2) is 13.2 Å². The maximum absolute atomic E-state index is 13.6. The summed E-state index contributed by atoms with van der Waals surface area (Å²) in [4.78, 5) is 0. The number of aryl methyl sites for hydroxylation is 1. The lowest BCUT2D eigenvalue weighted by Crippen LogP contribution is -2.29. The molecule has 2 atom stereocenters. The van der Waals surface area contributed by atoms with Crippen molar-refractivity contribution in [2.45, 2.75) is 26.0 Å². The Labute approximate surface area is 124 Å². The molecule has 2 aromatic carbocycles. The van der Waals surface area contributed by atoms with Crippen LogP contribution in [0.25, 0.3) is 0 Å². The Balaban J connectivity index is 2.28. The van der Waals surface area contributed by atoms with Gasteiger partial charge in [-0.3, -0.25) is 0 Å². The molecule has 0 amide bonds. The lowest BCUT2D eigenvalue weighted by Gasteiger charge is -2.23. The third kappa shape index (κ3) is 3.73. The number of rotatable bonds is 5. The van der Waals surface area contributed by atoms with Crippen molar-refractivity contribution in [1.29, 1.82) is 0 Å². The van der Waals surface area contributed by atoms with Gasteiger partial charge in [-0.1, -0.05) is 18.2 Å². The second-order valence-corrected chi connectivity index (χ2v) is 5.09. The molecule has 0 aliphatic heterocycles. The van der Waals surface area contributed by atoms with Gasteiger partial charge in [-0.25, -0.2) is 4.39 Å². The molecule has 0 fully saturated rings. The van der Waals surface area contributed by atoms with E-state index in [9.17, 15) is 4.39 Å². The molecule has 112 valence electrons. The molecule has 2 N–H and O–H groups in total. The maximum Gasteiger partial charge on any atom is 0.139 e. The second-order valence-electron chi connectivity index (χ2n) is 5.09. The van der Waals surface area contributed by atoms with Crippen LogP contribution in [0.1, 0.15) is 24.2 Å². The number of halogens is 1. The van der Waals surface area contributed by atoms with Gasteiger partial charge < -0.3 is 15.2 Å². The fourth-order valence-corrected chi connectivity index (χ4v) is 2.09. The number of ether oxygens (including phenoxy) is 2. The first-order chi connectivity index (χ1) is 10.0. The van der Waals surface area contributed by atoms with E-state index in [-0.39, 0.29) is 18.0 Å². The molecule has 0 radical (unpaired) electrons. The molecule has 2 rings (SSSR count). The highest BCUT2D eigenvalue weighted by molar-refractivity contribution is 5.33. The molecule has 21 heavy (non-hydrogen) atoms. The summed E-state index contributed by atoms with van der Waals surface area (Å²) in [5.41, 5.74) is 7.49. The van der Waals surface area contributed by atoms with E-state index in [1.165, 1.54) is 6.07 Å². The molecule has 0 spiro atoms. The first-order valence-corrected chi connectivity index (χ1v) is 6.83. The van der Waals surface area contributed by atoms with Crippen LogP contribution < -0.4 is 15.2 Å². The van der Waals surface area contributed by atoms with Crippen LogP contribution in [0, 0.1) is 12.7 Å². The summed E-state index contributed by atoms with van der Waals surface area (Å²) in [6, 6.07) is 12.1. The Morgan fingerprint density at radius 3 is 2.48 bits per heavy atom. The van der Waals surface area contributed by atoms with E-state index in [1.54, 1.807) is 26.2 Å². The quantitative estimate of drug-likeness (QED) is 0.914. The molecule has 0 saturated carbocycles. The first kappa shape index (κ1) is 15.3. The van der Waals surface area contributed by atoms with E-state index in [0.29, 0.717) is 11.3 Å². The highest BCUT2D eigenvalue weighted by atomic mass is 19.1. The monoisotopic (exact) mass is 289 g/mol. The summed E-state index contributed by atoms with van der Waals surface area (Å²) in [7, 11) is 1.61. The van der Waals surface area contributed by atoms with Crippen molar-refractivity contribution in [2.75, 3.05) is 7.11 Å². The van der Waals surface area contributed by atoms with Crippen molar-refractivity contribution >= 4 is 0 Å². The fraction of sp³-hybridized carbons (Fsp3) is 0.294. The SMILES string of the molecule is COc1cccc(C(Oc2ccc(C)c(F)c2)C(C)N)c1. The molecule has 0 aliphatic carbocycles. The topological polar surface area (TPSA) is 44.5 Å². The average molecular weight is 289 g/mol. The lowest BCUT2D eigenvalue weighted by molar-refractivity contribution is 0.179. The highest BCUT2D eigenvalue weighted by Gasteiger charge is 2.19. The van der Waals surface area contributed by atoms with Crippen LogP contribution in [0.3, 0.4) is 0 Å². The minimum absolute atomic E-state index is 0.249. The predicted octanol–water partition coefficient (Wildman–Crippen LogP) is 3.61. The van der Waals surface area contributed by atoms with Crippen LogP contribution in [-0.2, 0) is 0 Å². The van der Waals surface area contributed by atoms with E-state index in [1.807, 2.05) is 31.2 Å². The van der Waals surface area contributed by atoms with Gasteiger partial charge in [0, 0.05) is 12.1 Å². The maximum atomic E-state index is 13.6. The van der Waals surface area contributed by atoms with Gasteiger partial charge in [-0.05, 0) is 43.2 Å². The van der Waals surface area contributed by atoms with Crippen LogP contribution in [0.2, 0.25) is 0 Å². The van der Waals surface area contributed by atoms with Crippen molar-refractivity contribution in [3.05, 3.63) is 59.4 Å². The van der Waals surface area contributed by atoms with Gasteiger partial charge >= 0.3 is 0 Å². The number of nitrogens with two attached hydrogens (primary N) is 1. The first-order valence-electron chi connectivity index (χ1n) is 6.83. The van der Waals surface area contributed by atoms with E-state index >= 15 is 0 Å².